The molecule has 1 amide bonds. The van der Waals surface area contributed by atoms with E-state index in [0.717, 1.165) is 16.7 Å². The molecule has 1 N–H and O–H groups in total. The predicted molar refractivity (Wildman–Crippen MR) is 200 cm³/mol. The van der Waals surface area contributed by atoms with Gasteiger partial charge < -0.3 is 9.47 Å². The van der Waals surface area contributed by atoms with Gasteiger partial charge in [0.25, 0.3) is 5.91 Å². The van der Waals surface area contributed by atoms with Crippen LogP contribution in [-0.2, 0) is 36.5 Å². The molecule has 0 spiro atoms. The molecule has 0 bridgehead atoms. The highest BCUT2D eigenvalue weighted by Gasteiger charge is 2.46. The summed E-state index contributed by atoms with van der Waals surface area (Å²) in [4.78, 5) is 26.0. The van der Waals surface area contributed by atoms with E-state index in [2.05, 4.69) is 17.4 Å². The highest BCUT2D eigenvalue weighted by Crippen LogP contribution is 2.41. The fourth-order valence-electron chi connectivity index (χ4n) is 7.12. The Balaban J connectivity index is 1.46. The molecule has 270 valence electrons. The second-order valence-electron chi connectivity index (χ2n) is 13.4. The maximum absolute atomic E-state index is 15.0. The summed E-state index contributed by atoms with van der Waals surface area (Å²) >= 11 is 0. The van der Waals surface area contributed by atoms with Gasteiger partial charge in [0.15, 0.2) is 5.60 Å². The van der Waals surface area contributed by atoms with Crippen LogP contribution >= 0.6 is 0 Å². The number of pyridine rings is 1. The molecule has 1 atom stereocenters. The zero-order valence-electron chi connectivity index (χ0n) is 29.7. The number of hydrogen-bond acceptors (Lipinski definition) is 7. The highest BCUT2D eigenvalue weighted by molar-refractivity contribution is 7.89. The fraction of sp³-hybridized carbons (Fsp3) is 0.286. The van der Waals surface area contributed by atoms with Crippen LogP contribution in [0, 0.1) is 5.92 Å². The number of carbonyl (C=O) groups excluding carboxylic acids is 1. The lowest BCUT2D eigenvalue weighted by Crippen LogP contribution is -2.55. The van der Waals surface area contributed by atoms with Crippen LogP contribution in [0.5, 0.6) is 5.75 Å². The molecular weight excluding hydrogens is 675 g/mol. The van der Waals surface area contributed by atoms with Crippen LogP contribution in [0.1, 0.15) is 54.9 Å². The van der Waals surface area contributed by atoms with E-state index in [1.165, 1.54) is 23.5 Å². The van der Waals surface area contributed by atoms with Crippen molar-refractivity contribution in [3.8, 4) is 5.75 Å². The van der Waals surface area contributed by atoms with Crippen molar-refractivity contribution in [1.82, 2.24) is 14.8 Å². The third-order valence-electron chi connectivity index (χ3n) is 10.2. The minimum atomic E-state index is -4.25. The molecule has 10 heteroatoms. The first-order valence-corrected chi connectivity index (χ1v) is 18.9. The number of sulfonamides is 1. The number of benzene rings is 4. The lowest BCUT2D eigenvalue weighted by atomic mass is 9.76. The van der Waals surface area contributed by atoms with Crippen molar-refractivity contribution in [1.29, 1.82) is 0 Å². The molecule has 0 radical (unpaired) electrons. The molecule has 1 aromatic heterocycles. The molecule has 1 aliphatic rings. The van der Waals surface area contributed by atoms with Gasteiger partial charge in [-0.05, 0) is 97.2 Å². The minimum Gasteiger partial charge on any atom is -0.497 e. The lowest BCUT2D eigenvalue weighted by Gasteiger charge is -2.42. The molecule has 1 unspecified atom stereocenters. The molecular formula is C42H45N3O6S. The SMILES string of the molecule is COc1ccc(S(=O)(=O)N(Cc2ccncc2)C(C(=O)NOC(c2ccccc2)(c2ccccc2)c2ccccc2)C2CCC(C)(OC)CC2)cc1. The summed E-state index contributed by atoms with van der Waals surface area (Å²) in [5, 5.41) is 0. The normalized spacial score (nSPS) is 18.4. The fourth-order valence-corrected chi connectivity index (χ4v) is 8.75. The Morgan fingerprint density at radius 3 is 1.77 bits per heavy atom. The first-order chi connectivity index (χ1) is 25.2. The molecule has 0 aliphatic heterocycles. The van der Waals surface area contributed by atoms with Gasteiger partial charge in [0, 0.05) is 26.0 Å². The number of nitrogens with one attached hydrogen (secondary N) is 1. The van der Waals surface area contributed by atoms with Gasteiger partial charge in [-0.25, -0.2) is 13.9 Å². The maximum Gasteiger partial charge on any atom is 0.262 e. The maximum atomic E-state index is 15.0. The Bertz CT molecular complexity index is 1890. The minimum absolute atomic E-state index is 0.0471. The van der Waals surface area contributed by atoms with Crippen LogP contribution in [0.2, 0.25) is 0 Å². The number of hydroxylamine groups is 1. The van der Waals surface area contributed by atoms with Crippen LogP contribution in [0.3, 0.4) is 0 Å². The first kappa shape index (κ1) is 36.9. The van der Waals surface area contributed by atoms with Crippen molar-refractivity contribution in [2.45, 2.75) is 61.3 Å². The zero-order chi connectivity index (χ0) is 36.6. The second-order valence-corrected chi connectivity index (χ2v) is 15.3. The molecule has 9 nitrogen and oxygen atoms in total. The second kappa shape index (κ2) is 16.2. The zero-order valence-corrected chi connectivity index (χ0v) is 30.5. The monoisotopic (exact) mass is 719 g/mol. The van der Waals surface area contributed by atoms with Crippen molar-refractivity contribution >= 4 is 15.9 Å². The average molecular weight is 720 g/mol. The number of ether oxygens (including phenoxy) is 2. The largest absolute Gasteiger partial charge is 0.497 e. The van der Waals surface area contributed by atoms with Gasteiger partial charge in [-0.3, -0.25) is 14.6 Å². The Kier molecular flexibility index (Phi) is 11.5. The molecule has 52 heavy (non-hydrogen) atoms. The van der Waals surface area contributed by atoms with Gasteiger partial charge in [0.05, 0.1) is 17.6 Å². The number of nitrogens with zero attached hydrogens (tertiary/aromatic N) is 2. The lowest BCUT2D eigenvalue weighted by molar-refractivity contribution is -0.150. The van der Waals surface area contributed by atoms with Crippen LogP contribution in [-0.4, -0.2) is 49.5 Å². The standard InChI is InChI=1S/C42H45N3O6S/c1-41(50-3)27-23-33(24-28-41)39(45(31-32-25-29-43-30-26-32)52(47,48)38-21-19-37(49-2)20-22-38)40(46)44-51-42(34-13-7-4-8-14-34,35-15-9-5-10-16-35)36-17-11-6-12-18-36/h4-22,25-26,29-30,33,39H,23-24,27-28,31H2,1-3H3,(H,44,46). The van der Waals surface area contributed by atoms with Crippen molar-refractivity contribution in [2.24, 2.45) is 5.92 Å². The van der Waals surface area contributed by atoms with Gasteiger partial charge in [-0.15, -0.1) is 0 Å². The Hall–Kier alpha value is -4.87. The first-order valence-electron chi connectivity index (χ1n) is 17.4. The van der Waals surface area contributed by atoms with E-state index in [1.807, 2.05) is 91.0 Å². The third kappa shape index (κ3) is 7.80. The van der Waals surface area contributed by atoms with Crippen LogP contribution in [0.15, 0.2) is 145 Å². The predicted octanol–water partition coefficient (Wildman–Crippen LogP) is 7.28. The van der Waals surface area contributed by atoms with E-state index in [1.54, 1.807) is 43.8 Å². The van der Waals surface area contributed by atoms with Crippen molar-refractivity contribution in [2.75, 3.05) is 14.2 Å². The van der Waals surface area contributed by atoms with Crippen LogP contribution in [0.4, 0.5) is 0 Å². The Morgan fingerprint density at radius 2 is 1.31 bits per heavy atom. The molecule has 0 saturated heterocycles. The average Bonchev–Trinajstić information content (AvgIpc) is 3.20. The van der Waals surface area contributed by atoms with Crippen molar-refractivity contribution in [3.63, 3.8) is 0 Å². The summed E-state index contributed by atoms with van der Waals surface area (Å²) in [6, 6.07) is 37.7. The number of methoxy groups -OCH3 is 2. The number of rotatable bonds is 14. The van der Waals surface area contributed by atoms with Crippen molar-refractivity contribution < 1.29 is 27.5 Å². The van der Waals surface area contributed by atoms with Gasteiger partial charge in [0.1, 0.15) is 11.8 Å². The van der Waals surface area contributed by atoms with Crippen LogP contribution in [0.25, 0.3) is 0 Å². The Morgan fingerprint density at radius 1 is 0.808 bits per heavy atom. The topological polar surface area (TPSA) is 107 Å². The van der Waals surface area contributed by atoms with Crippen LogP contribution < -0.4 is 10.2 Å². The summed E-state index contributed by atoms with van der Waals surface area (Å²) in [5.41, 5.74) is 4.27. The van der Waals surface area contributed by atoms with Gasteiger partial charge in [0.2, 0.25) is 10.0 Å². The Labute approximate surface area is 306 Å². The summed E-state index contributed by atoms with van der Waals surface area (Å²) in [5.74, 6) is -0.391. The quantitative estimate of drug-likeness (QED) is 0.0950. The van der Waals surface area contributed by atoms with E-state index in [4.69, 9.17) is 14.3 Å². The van der Waals surface area contributed by atoms with Gasteiger partial charge in [-0.1, -0.05) is 91.0 Å². The van der Waals surface area contributed by atoms with E-state index in [9.17, 15) is 8.42 Å². The summed E-state index contributed by atoms with van der Waals surface area (Å²) < 4.78 is 42.1. The molecule has 1 aliphatic carbocycles. The molecule has 6 rings (SSSR count). The summed E-state index contributed by atoms with van der Waals surface area (Å²) in [6.45, 7) is 1.99. The van der Waals surface area contributed by atoms with E-state index in [0.29, 0.717) is 37.0 Å². The van der Waals surface area contributed by atoms with Gasteiger partial charge in [-0.2, -0.15) is 4.31 Å². The molecule has 1 saturated carbocycles. The van der Waals surface area contributed by atoms with E-state index in [-0.39, 0.29) is 23.0 Å². The smallest absolute Gasteiger partial charge is 0.262 e. The number of hydrogen-bond donors (Lipinski definition) is 1. The number of carbonyl (C=O) groups is 1. The highest BCUT2D eigenvalue weighted by atomic mass is 32.2. The number of amides is 1. The summed E-state index contributed by atoms with van der Waals surface area (Å²) in [6.07, 6.45) is 5.68. The third-order valence-corrected chi connectivity index (χ3v) is 12.0. The summed E-state index contributed by atoms with van der Waals surface area (Å²) in [7, 11) is -1.04. The van der Waals surface area contributed by atoms with E-state index >= 15 is 4.79 Å². The molecule has 1 heterocycles. The van der Waals surface area contributed by atoms with Gasteiger partial charge >= 0.3 is 0 Å². The number of aromatic nitrogens is 1. The molecule has 5 aromatic rings. The molecule has 1 fully saturated rings. The van der Waals surface area contributed by atoms with E-state index < -0.39 is 27.6 Å². The molecule has 4 aromatic carbocycles. The van der Waals surface area contributed by atoms with Crippen molar-refractivity contribution in [3.05, 3.63) is 162 Å².